The number of rotatable bonds is 5. The average molecular weight is 264 g/mol. The first-order valence-corrected chi connectivity index (χ1v) is 6.77. The normalized spacial score (nSPS) is 22.6. The van der Waals surface area contributed by atoms with Gasteiger partial charge in [-0.25, -0.2) is 0 Å². The van der Waals surface area contributed by atoms with Crippen molar-refractivity contribution in [2.75, 3.05) is 6.61 Å². The third-order valence-electron chi connectivity index (χ3n) is 3.89. The van der Waals surface area contributed by atoms with Gasteiger partial charge in [0.2, 0.25) is 0 Å². The summed E-state index contributed by atoms with van der Waals surface area (Å²) < 4.78 is 6.89. The number of ether oxygens (including phenoxy) is 1. The van der Waals surface area contributed by atoms with Crippen LogP contribution < -0.4 is 0 Å². The summed E-state index contributed by atoms with van der Waals surface area (Å²) >= 11 is 0. The van der Waals surface area contributed by atoms with Gasteiger partial charge in [-0.15, -0.1) is 0 Å². The van der Waals surface area contributed by atoms with E-state index in [1.54, 1.807) is 0 Å². The third kappa shape index (κ3) is 2.29. The first-order chi connectivity index (χ1) is 9.03. The fraction of sp³-hybridized carbons (Fsp3) is 0.643. The zero-order chi connectivity index (χ0) is 14.0. The predicted octanol–water partition coefficient (Wildman–Crippen LogP) is 1.53. The molecular formula is C14H20N2O3. The van der Waals surface area contributed by atoms with Crippen molar-refractivity contribution in [3.63, 3.8) is 0 Å². The largest absolute Gasteiger partial charge is 0.465 e. The summed E-state index contributed by atoms with van der Waals surface area (Å²) in [5, 5.41) is 4.46. The highest BCUT2D eigenvalue weighted by Gasteiger charge is 2.49. The van der Waals surface area contributed by atoms with Gasteiger partial charge in [0, 0.05) is 25.1 Å². The highest BCUT2D eigenvalue weighted by molar-refractivity contribution is 6.03. The molecule has 0 aromatic carbocycles. The van der Waals surface area contributed by atoms with Gasteiger partial charge in [-0.3, -0.25) is 14.3 Å². The van der Waals surface area contributed by atoms with Gasteiger partial charge in [-0.05, 0) is 26.3 Å². The number of aryl methyl sites for hydroxylation is 2. The maximum absolute atomic E-state index is 11.9. The van der Waals surface area contributed by atoms with Crippen molar-refractivity contribution in [2.45, 2.75) is 46.6 Å². The molecule has 1 aliphatic heterocycles. The Hall–Kier alpha value is -1.65. The number of carbonyl (C=O) groups excluding carboxylic acids is 2. The lowest BCUT2D eigenvalue weighted by Crippen LogP contribution is -2.37. The van der Waals surface area contributed by atoms with Crippen LogP contribution in [-0.2, 0) is 33.7 Å². The Kier molecular flexibility index (Phi) is 3.73. The molecule has 0 bridgehead atoms. The van der Waals surface area contributed by atoms with E-state index >= 15 is 0 Å². The molecule has 1 aliphatic rings. The number of nitrogens with zero attached hydrogens (tertiary/aromatic N) is 2. The molecule has 0 spiro atoms. The Bertz CT molecular complexity index is 507. The molecule has 0 saturated carbocycles. The summed E-state index contributed by atoms with van der Waals surface area (Å²) in [4.78, 5) is 23.9. The van der Waals surface area contributed by atoms with E-state index < -0.39 is 5.41 Å². The lowest BCUT2D eigenvalue weighted by atomic mass is 9.78. The summed E-state index contributed by atoms with van der Waals surface area (Å²) in [7, 11) is 0. The summed E-state index contributed by atoms with van der Waals surface area (Å²) in [6.45, 7) is 6.58. The fourth-order valence-electron chi connectivity index (χ4n) is 2.58. The number of Topliss-reactive ketones (excluding diaryl/α,β-unsaturated/α-hetero) is 1. The van der Waals surface area contributed by atoms with E-state index in [0.717, 1.165) is 24.4 Å². The van der Waals surface area contributed by atoms with Gasteiger partial charge < -0.3 is 4.74 Å². The fourth-order valence-corrected chi connectivity index (χ4v) is 2.58. The number of ketones is 1. The van der Waals surface area contributed by atoms with Gasteiger partial charge in [0.25, 0.3) is 0 Å². The minimum atomic E-state index is -1.00. The highest BCUT2D eigenvalue weighted by Crippen LogP contribution is 2.35. The number of carbonyl (C=O) groups is 2. The Morgan fingerprint density at radius 3 is 2.74 bits per heavy atom. The Labute approximate surface area is 112 Å². The number of hydrogen-bond donors (Lipinski definition) is 0. The molecular weight excluding hydrogens is 244 g/mol. The summed E-state index contributed by atoms with van der Waals surface area (Å²) in [5.41, 5.74) is 0.924. The van der Waals surface area contributed by atoms with Crippen molar-refractivity contribution in [2.24, 2.45) is 5.41 Å². The van der Waals surface area contributed by atoms with Gasteiger partial charge in [0.05, 0.1) is 12.3 Å². The molecule has 0 amide bonds. The molecule has 0 N–H and O–H groups in total. The zero-order valence-electron chi connectivity index (χ0n) is 11.7. The first kappa shape index (κ1) is 13.8. The minimum Gasteiger partial charge on any atom is -0.465 e. The van der Waals surface area contributed by atoms with E-state index in [-0.39, 0.29) is 11.8 Å². The van der Waals surface area contributed by atoms with Crippen LogP contribution in [0.25, 0.3) is 0 Å². The molecule has 104 valence electrons. The Morgan fingerprint density at radius 1 is 1.53 bits per heavy atom. The van der Waals surface area contributed by atoms with Crippen LogP contribution >= 0.6 is 0 Å². The first-order valence-electron chi connectivity index (χ1n) is 6.77. The van der Waals surface area contributed by atoms with Crippen LogP contribution in [0.5, 0.6) is 0 Å². The SMILES string of the molecule is CCc1cc(CC2(C(C)=O)CCOC2=O)n(CC)n1. The minimum absolute atomic E-state index is 0.114. The van der Waals surface area contributed by atoms with E-state index in [2.05, 4.69) is 5.10 Å². The second kappa shape index (κ2) is 5.15. The van der Waals surface area contributed by atoms with Gasteiger partial charge in [0.15, 0.2) is 0 Å². The van der Waals surface area contributed by atoms with E-state index in [9.17, 15) is 9.59 Å². The van der Waals surface area contributed by atoms with Crippen LogP contribution in [0.4, 0.5) is 0 Å². The maximum atomic E-state index is 11.9. The van der Waals surface area contributed by atoms with Crippen molar-refractivity contribution in [3.8, 4) is 0 Å². The maximum Gasteiger partial charge on any atom is 0.320 e. The molecule has 1 aromatic rings. The predicted molar refractivity (Wildman–Crippen MR) is 69.7 cm³/mol. The van der Waals surface area contributed by atoms with Crippen molar-refractivity contribution in [1.82, 2.24) is 9.78 Å². The van der Waals surface area contributed by atoms with E-state index in [1.165, 1.54) is 6.92 Å². The monoisotopic (exact) mass is 264 g/mol. The van der Waals surface area contributed by atoms with Crippen molar-refractivity contribution >= 4 is 11.8 Å². The Balaban J connectivity index is 2.35. The number of esters is 1. The molecule has 2 heterocycles. The topological polar surface area (TPSA) is 61.2 Å². The number of cyclic esters (lactones) is 1. The van der Waals surface area contributed by atoms with Crippen molar-refractivity contribution in [1.29, 1.82) is 0 Å². The van der Waals surface area contributed by atoms with Crippen LogP contribution in [0.15, 0.2) is 6.07 Å². The number of hydrogen-bond acceptors (Lipinski definition) is 4. The van der Waals surface area contributed by atoms with Crippen LogP contribution in [0.3, 0.4) is 0 Å². The molecule has 5 heteroatoms. The van der Waals surface area contributed by atoms with E-state index in [0.29, 0.717) is 19.4 Å². The molecule has 1 fully saturated rings. The molecule has 1 unspecified atom stereocenters. The van der Waals surface area contributed by atoms with Gasteiger partial charge in [0.1, 0.15) is 11.2 Å². The molecule has 0 radical (unpaired) electrons. The van der Waals surface area contributed by atoms with Crippen LogP contribution in [0, 0.1) is 5.41 Å². The Morgan fingerprint density at radius 2 is 2.26 bits per heavy atom. The standard InChI is InChI=1S/C14H20N2O3/c1-4-11-8-12(16(5-2)15-11)9-14(10(3)17)6-7-19-13(14)18/h8H,4-7,9H2,1-3H3. The molecule has 5 nitrogen and oxygen atoms in total. The third-order valence-corrected chi connectivity index (χ3v) is 3.89. The quantitative estimate of drug-likeness (QED) is 0.597. The average Bonchev–Trinajstić information content (AvgIpc) is 2.95. The molecule has 2 rings (SSSR count). The van der Waals surface area contributed by atoms with Crippen LogP contribution in [0.2, 0.25) is 0 Å². The second-order valence-corrected chi connectivity index (χ2v) is 5.00. The lowest BCUT2D eigenvalue weighted by Gasteiger charge is -2.21. The van der Waals surface area contributed by atoms with Crippen LogP contribution in [-0.4, -0.2) is 28.1 Å². The van der Waals surface area contributed by atoms with Crippen molar-refractivity contribution in [3.05, 3.63) is 17.5 Å². The molecule has 1 atom stereocenters. The highest BCUT2D eigenvalue weighted by atomic mass is 16.5. The smallest absolute Gasteiger partial charge is 0.320 e. The zero-order valence-corrected chi connectivity index (χ0v) is 11.7. The lowest BCUT2D eigenvalue weighted by molar-refractivity contribution is -0.150. The molecule has 0 aliphatic carbocycles. The number of aromatic nitrogens is 2. The van der Waals surface area contributed by atoms with Gasteiger partial charge in [-0.2, -0.15) is 5.10 Å². The van der Waals surface area contributed by atoms with Gasteiger partial charge >= 0.3 is 5.97 Å². The molecule has 19 heavy (non-hydrogen) atoms. The van der Waals surface area contributed by atoms with E-state index in [1.807, 2.05) is 24.6 Å². The molecule has 1 saturated heterocycles. The van der Waals surface area contributed by atoms with Crippen LogP contribution in [0.1, 0.15) is 38.6 Å². The second-order valence-electron chi connectivity index (χ2n) is 5.00. The summed E-state index contributed by atoms with van der Waals surface area (Å²) in [6, 6.07) is 1.99. The summed E-state index contributed by atoms with van der Waals surface area (Å²) in [6.07, 6.45) is 1.71. The van der Waals surface area contributed by atoms with E-state index in [4.69, 9.17) is 4.74 Å². The van der Waals surface area contributed by atoms with Crippen molar-refractivity contribution < 1.29 is 14.3 Å². The molecule has 1 aromatic heterocycles. The van der Waals surface area contributed by atoms with Gasteiger partial charge in [-0.1, -0.05) is 6.92 Å². The summed E-state index contributed by atoms with van der Waals surface area (Å²) in [5.74, 6) is -0.501.